The molecular weight excluding hydrogens is 325 g/mol. The lowest BCUT2D eigenvalue weighted by atomic mass is 10.0. The molecule has 1 heterocycles. The minimum absolute atomic E-state index is 0.410. The van der Waals surface area contributed by atoms with E-state index in [4.69, 9.17) is 9.47 Å². The second-order valence-electron chi connectivity index (χ2n) is 5.79. The molecule has 1 N–H and O–H groups in total. The average molecular weight is 346 g/mol. The summed E-state index contributed by atoms with van der Waals surface area (Å²) in [5, 5.41) is 2.41. The van der Waals surface area contributed by atoms with E-state index in [-0.39, 0.29) is 0 Å². The molecule has 5 nitrogen and oxygen atoms in total. The molecule has 1 aromatic carbocycles. The van der Waals surface area contributed by atoms with Crippen molar-refractivity contribution in [2.24, 2.45) is 5.92 Å². The van der Waals surface area contributed by atoms with Crippen LogP contribution in [-0.4, -0.2) is 50.5 Å². The second-order valence-corrected chi connectivity index (χ2v) is 5.79. The van der Waals surface area contributed by atoms with Crippen molar-refractivity contribution >= 4 is 11.7 Å². The van der Waals surface area contributed by atoms with E-state index < -0.39 is 18.8 Å². The number of ether oxygens (including phenoxy) is 2. The van der Waals surface area contributed by atoms with Crippen LogP contribution in [0.3, 0.4) is 0 Å². The van der Waals surface area contributed by atoms with Crippen LogP contribution in [0.25, 0.3) is 0 Å². The molecule has 0 aromatic heterocycles. The van der Waals surface area contributed by atoms with Gasteiger partial charge in [-0.25, -0.2) is 4.79 Å². The lowest BCUT2D eigenvalue weighted by Crippen LogP contribution is -2.38. The van der Waals surface area contributed by atoms with Crippen LogP contribution < -0.4 is 10.1 Å². The normalized spacial score (nSPS) is 15.8. The molecule has 0 saturated carbocycles. The number of hydrogen-bond donors (Lipinski definition) is 1. The van der Waals surface area contributed by atoms with Crippen LogP contribution in [0.15, 0.2) is 24.3 Å². The van der Waals surface area contributed by atoms with E-state index >= 15 is 0 Å². The Hall–Kier alpha value is -1.96. The maximum absolute atomic E-state index is 12.3. The molecule has 0 aliphatic carbocycles. The van der Waals surface area contributed by atoms with Gasteiger partial charge in [-0.2, -0.15) is 13.2 Å². The monoisotopic (exact) mass is 346 g/mol. The summed E-state index contributed by atoms with van der Waals surface area (Å²) >= 11 is 0. The third-order valence-electron chi connectivity index (χ3n) is 3.70. The van der Waals surface area contributed by atoms with Gasteiger partial charge in [-0.05, 0) is 43.0 Å². The lowest BCUT2D eigenvalue weighted by Gasteiger charge is -2.22. The van der Waals surface area contributed by atoms with E-state index in [2.05, 4.69) is 5.32 Å². The fourth-order valence-corrected chi connectivity index (χ4v) is 2.32. The van der Waals surface area contributed by atoms with Gasteiger partial charge in [-0.3, -0.25) is 0 Å². The van der Waals surface area contributed by atoms with Crippen molar-refractivity contribution in [3.8, 4) is 5.75 Å². The molecule has 8 heteroatoms. The van der Waals surface area contributed by atoms with Gasteiger partial charge < -0.3 is 19.7 Å². The molecular formula is C16H21F3N2O3. The van der Waals surface area contributed by atoms with Gasteiger partial charge in [-0.15, -0.1) is 0 Å². The number of nitrogens with zero attached hydrogens (tertiary/aromatic N) is 1. The fraction of sp³-hybridized carbons (Fsp3) is 0.562. The molecule has 24 heavy (non-hydrogen) atoms. The molecule has 0 radical (unpaired) electrons. The number of hydrogen-bond acceptors (Lipinski definition) is 3. The standard InChI is InChI=1S/C16H21F3N2O3/c1-21(11-16(17,18)19)15(22)20-13-2-4-14(5-3-13)24-10-12-6-8-23-9-7-12/h2-5,12H,6-11H2,1H3,(H,20,22). The van der Waals surface area contributed by atoms with Crippen molar-refractivity contribution in [1.29, 1.82) is 0 Å². The molecule has 0 spiro atoms. The van der Waals surface area contributed by atoms with Crippen molar-refractivity contribution in [2.75, 3.05) is 38.7 Å². The highest BCUT2D eigenvalue weighted by atomic mass is 19.4. The van der Waals surface area contributed by atoms with Crippen molar-refractivity contribution in [3.05, 3.63) is 24.3 Å². The zero-order chi connectivity index (χ0) is 17.6. The predicted octanol–water partition coefficient (Wildman–Crippen LogP) is 3.52. The Morgan fingerprint density at radius 3 is 2.50 bits per heavy atom. The number of alkyl halides is 3. The summed E-state index contributed by atoms with van der Waals surface area (Å²) in [6.45, 7) is 0.809. The van der Waals surface area contributed by atoms with E-state index in [9.17, 15) is 18.0 Å². The largest absolute Gasteiger partial charge is 0.493 e. The van der Waals surface area contributed by atoms with Crippen LogP contribution in [0.1, 0.15) is 12.8 Å². The molecule has 1 aliphatic rings. The maximum atomic E-state index is 12.3. The van der Waals surface area contributed by atoms with Crippen molar-refractivity contribution in [3.63, 3.8) is 0 Å². The van der Waals surface area contributed by atoms with Crippen LogP contribution in [0.2, 0.25) is 0 Å². The third kappa shape index (κ3) is 6.27. The number of amides is 2. The van der Waals surface area contributed by atoms with Crippen LogP contribution in [0.5, 0.6) is 5.75 Å². The highest BCUT2D eigenvalue weighted by Gasteiger charge is 2.31. The lowest BCUT2D eigenvalue weighted by molar-refractivity contribution is -0.137. The van der Waals surface area contributed by atoms with Crippen LogP contribution in [-0.2, 0) is 4.74 Å². The van der Waals surface area contributed by atoms with Gasteiger partial charge in [0.05, 0.1) is 6.61 Å². The number of benzene rings is 1. The molecule has 134 valence electrons. The second kappa shape index (κ2) is 8.23. The van der Waals surface area contributed by atoms with Crippen LogP contribution in [0, 0.1) is 5.92 Å². The number of nitrogens with one attached hydrogen (secondary N) is 1. The van der Waals surface area contributed by atoms with Crippen molar-refractivity contribution in [2.45, 2.75) is 19.0 Å². The smallest absolute Gasteiger partial charge is 0.406 e. The molecule has 0 atom stereocenters. The highest BCUT2D eigenvalue weighted by Crippen LogP contribution is 2.20. The Morgan fingerprint density at radius 2 is 1.92 bits per heavy atom. The molecule has 1 fully saturated rings. The molecule has 2 amide bonds. The summed E-state index contributed by atoms with van der Waals surface area (Å²) in [6, 6.07) is 5.73. The number of anilines is 1. The number of rotatable bonds is 5. The van der Waals surface area contributed by atoms with E-state index in [0.29, 0.717) is 28.9 Å². The summed E-state index contributed by atoms with van der Waals surface area (Å²) in [7, 11) is 1.09. The fourth-order valence-electron chi connectivity index (χ4n) is 2.32. The van der Waals surface area contributed by atoms with Gasteiger partial charge in [0, 0.05) is 25.9 Å². The number of carbonyl (C=O) groups excluding carboxylic acids is 1. The summed E-state index contributed by atoms with van der Waals surface area (Å²) in [6.07, 6.45) is -2.48. The van der Waals surface area contributed by atoms with Gasteiger partial charge in [0.25, 0.3) is 0 Å². The molecule has 1 saturated heterocycles. The Bertz CT molecular complexity index is 528. The van der Waals surface area contributed by atoms with Crippen molar-refractivity contribution < 1.29 is 27.4 Å². The minimum Gasteiger partial charge on any atom is -0.493 e. The van der Waals surface area contributed by atoms with Gasteiger partial charge in [0.2, 0.25) is 0 Å². The number of urea groups is 1. The number of carbonyl (C=O) groups is 1. The Morgan fingerprint density at radius 1 is 1.29 bits per heavy atom. The van der Waals surface area contributed by atoms with Gasteiger partial charge >= 0.3 is 12.2 Å². The third-order valence-corrected chi connectivity index (χ3v) is 3.70. The van der Waals surface area contributed by atoms with E-state index in [0.717, 1.165) is 33.1 Å². The summed E-state index contributed by atoms with van der Waals surface area (Å²) < 4.78 is 47.7. The molecule has 0 bridgehead atoms. The molecule has 2 rings (SSSR count). The SMILES string of the molecule is CN(CC(F)(F)F)C(=O)Nc1ccc(OCC2CCOCC2)cc1. The first-order valence-corrected chi connectivity index (χ1v) is 7.73. The van der Waals surface area contributed by atoms with Crippen LogP contribution >= 0.6 is 0 Å². The van der Waals surface area contributed by atoms with E-state index in [1.165, 1.54) is 0 Å². The Kier molecular flexibility index (Phi) is 6.30. The molecule has 1 aliphatic heterocycles. The van der Waals surface area contributed by atoms with Gasteiger partial charge in [0.1, 0.15) is 12.3 Å². The van der Waals surface area contributed by atoms with Crippen molar-refractivity contribution in [1.82, 2.24) is 4.90 Å². The summed E-state index contributed by atoms with van der Waals surface area (Å²) in [5.41, 5.74) is 0.410. The predicted molar refractivity (Wildman–Crippen MR) is 83.2 cm³/mol. The number of halogens is 3. The topological polar surface area (TPSA) is 50.8 Å². The maximum Gasteiger partial charge on any atom is 0.406 e. The quantitative estimate of drug-likeness (QED) is 0.888. The first-order chi connectivity index (χ1) is 11.3. The van der Waals surface area contributed by atoms with Gasteiger partial charge in [-0.1, -0.05) is 0 Å². The van der Waals surface area contributed by atoms with Crippen LogP contribution in [0.4, 0.5) is 23.7 Å². The zero-order valence-corrected chi connectivity index (χ0v) is 13.4. The average Bonchev–Trinajstić information content (AvgIpc) is 2.53. The molecule has 1 aromatic rings. The first-order valence-electron chi connectivity index (χ1n) is 7.73. The van der Waals surface area contributed by atoms with E-state index in [1.54, 1.807) is 24.3 Å². The van der Waals surface area contributed by atoms with Gasteiger partial charge in [0.15, 0.2) is 0 Å². The Balaban J connectivity index is 1.79. The molecule has 0 unspecified atom stereocenters. The summed E-state index contributed by atoms with van der Waals surface area (Å²) in [5.74, 6) is 1.12. The van der Waals surface area contributed by atoms with E-state index in [1.807, 2.05) is 0 Å². The Labute approximate surface area is 138 Å². The summed E-state index contributed by atoms with van der Waals surface area (Å²) in [4.78, 5) is 12.3. The zero-order valence-electron chi connectivity index (χ0n) is 13.4. The first kappa shape index (κ1) is 18.4. The highest BCUT2D eigenvalue weighted by molar-refractivity contribution is 5.89. The minimum atomic E-state index is -4.42.